The number of hydrogen-bond donors (Lipinski definition) is 1. The fraction of sp³-hybridized carbons (Fsp3) is 0.429. The summed E-state index contributed by atoms with van der Waals surface area (Å²) in [5.74, 6) is 0.721. The van der Waals surface area contributed by atoms with E-state index in [4.69, 9.17) is 11.6 Å². The zero-order chi connectivity index (χ0) is 21.8. The molecule has 4 rings (SSSR count). The van der Waals surface area contributed by atoms with E-state index in [1.54, 1.807) is 24.4 Å². The number of nitrogens with one attached hydrogen (secondary N) is 1. The molecule has 0 bridgehead atoms. The van der Waals surface area contributed by atoms with Gasteiger partial charge in [0.05, 0.1) is 16.5 Å². The lowest BCUT2D eigenvalue weighted by molar-refractivity contribution is -0.117. The van der Waals surface area contributed by atoms with Crippen LogP contribution in [-0.4, -0.2) is 74.3 Å². The van der Waals surface area contributed by atoms with Crippen molar-refractivity contribution in [3.8, 4) is 0 Å². The molecule has 166 valence electrons. The fourth-order valence-electron chi connectivity index (χ4n) is 3.91. The van der Waals surface area contributed by atoms with Gasteiger partial charge in [-0.05, 0) is 43.2 Å². The van der Waals surface area contributed by atoms with Crippen molar-refractivity contribution >= 4 is 39.0 Å². The highest BCUT2D eigenvalue weighted by Crippen LogP contribution is 2.23. The number of amides is 1. The number of anilines is 2. The molecule has 10 heteroatoms. The highest BCUT2D eigenvalue weighted by molar-refractivity contribution is 7.89. The summed E-state index contributed by atoms with van der Waals surface area (Å²) in [6.07, 6.45) is 3.41. The number of carbonyl (C=O) groups is 1. The molecular weight excluding hydrogens is 438 g/mol. The van der Waals surface area contributed by atoms with Crippen molar-refractivity contribution < 1.29 is 13.2 Å². The first-order valence-corrected chi connectivity index (χ1v) is 12.2. The smallest absolute Gasteiger partial charge is 0.243 e. The SMILES string of the molecule is O=C(CN1CCN(c2ccc(Cl)cn2)CC1)Nc1cccc(S(=O)(=O)N2CCCC2)c1. The first-order chi connectivity index (χ1) is 14.9. The molecule has 0 spiro atoms. The normalized spacial score (nSPS) is 18.3. The maximum Gasteiger partial charge on any atom is 0.243 e. The first kappa shape index (κ1) is 22.0. The number of benzene rings is 1. The monoisotopic (exact) mass is 463 g/mol. The molecule has 1 amide bonds. The van der Waals surface area contributed by atoms with Crippen molar-refractivity contribution in [3.05, 3.63) is 47.6 Å². The maximum atomic E-state index is 12.7. The van der Waals surface area contributed by atoms with Gasteiger partial charge in [-0.2, -0.15) is 4.31 Å². The van der Waals surface area contributed by atoms with Crippen LogP contribution in [0.15, 0.2) is 47.5 Å². The number of rotatable bonds is 6. The van der Waals surface area contributed by atoms with Gasteiger partial charge in [-0.1, -0.05) is 17.7 Å². The predicted octanol–water partition coefficient (Wildman–Crippen LogP) is 2.28. The third-order valence-corrected chi connectivity index (χ3v) is 7.71. The number of piperazine rings is 1. The lowest BCUT2D eigenvalue weighted by Gasteiger charge is -2.35. The van der Waals surface area contributed by atoms with Crippen LogP contribution in [-0.2, 0) is 14.8 Å². The number of pyridine rings is 1. The number of sulfonamides is 1. The highest BCUT2D eigenvalue weighted by atomic mass is 35.5. The van der Waals surface area contributed by atoms with Gasteiger partial charge < -0.3 is 10.2 Å². The third-order valence-electron chi connectivity index (χ3n) is 5.60. The van der Waals surface area contributed by atoms with Gasteiger partial charge in [-0.15, -0.1) is 0 Å². The van der Waals surface area contributed by atoms with Gasteiger partial charge >= 0.3 is 0 Å². The summed E-state index contributed by atoms with van der Waals surface area (Å²) in [6, 6.07) is 10.2. The minimum absolute atomic E-state index is 0.159. The summed E-state index contributed by atoms with van der Waals surface area (Å²) in [5.41, 5.74) is 0.495. The van der Waals surface area contributed by atoms with E-state index in [0.717, 1.165) is 44.8 Å². The van der Waals surface area contributed by atoms with Gasteiger partial charge in [0, 0.05) is 51.2 Å². The van der Waals surface area contributed by atoms with Crippen LogP contribution in [0.4, 0.5) is 11.5 Å². The van der Waals surface area contributed by atoms with E-state index in [-0.39, 0.29) is 17.3 Å². The Morgan fingerprint density at radius 3 is 2.45 bits per heavy atom. The molecule has 0 atom stereocenters. The molecule has 0 aliphatic carbocycles. The first-order valence-electron chi connectivity index (χ1n) is 10.4. The second-order valence-electron chi connectivity index (χ2n) is 7.79. The van der Waals surface area contributed by atoms with Gasteiger partial charge in [0.2, 0.25) is 15.9 Å². The van der Waals surface area contributed by atoms with Crippen molar-refractivity contribution in [1.29, 1.82) is 0 Å². The van der Waals surface area contributed by atoms with E-state index in [1.807, 2.05) is 12.1 Å². The number of hydrogen-bond acceptors (Lipinski definition) is 6. The summed E-state index contributed by atoms with van der Waals surface area (Å²) in [4.78, 5) is 21.3. The highest BCUT2D eigenvalue weighted by Gasteiger charge is 2.27. The number of aromatic nitrogens is 1. The average Bonchev–Trinajstić information content (AvgIpc) is 3.31. The second-order valence-corrected chi connectivity index (χ2v) is 10.2. The van der Waals surface area contributed by atoms with Crippen molar-refractivity contribution in [2.45, 2.75) is 17.7 Å². The standard InChI is InChI=1S/C21H26ClN5O3S/c22-17-6-7-20(23-15-17)26-12-10-25(11-13-26)16-21(28)24-18-4-3-5-19(14-18)31(29,30)27-8-1-2-9-27/h3-7,14-15H,1-2,8-13,16H2,(H,24,28). The molecule has 31 heavy (non-hydrogen) atoms. The van der Waals surface area contributed by atoms with Crippen LogP contribution in [0.1, 0.15) is 12.8 Å². The minimum Gasteiger partial charge on any atom is -0.354 e. The predicted molar refractivity (Wildman–Crippen MR) is 121 cm³/mol. The summed E-state index contributed by atoms with van der Waals surface area (Å²) in [7, 11) is -3.51. The Balaban J connectivity index is 1.31. The molecule has 2 aliphatic heterocycles. The summed E-state index contributed by atoms with van der Waals surface area (Å²) < 4.78 is 27.0. The molecule has 2 saturated heterocycles. The van der Waals surface area contributed by atoms with E-state index in [2.05, 4.69) is 20.1 Å². The quantitative estimate of drug-likeness (QED) is 0.707. The fourth-order valence-corrected chi connectivity index (χ4v) is 5.58. The summed E-state index contributed by atoms with van der Waals surface area (Å²) >= 11 is 5.90. The lowest BCUT2D eigenvalue weighted by atomic mass is 10.3. The molecule has 8 nitrogen and oxygen atoms in total. The van der Waals surface area contributed by atoms with Gasteiger partial charge in [-0.3, -0.25) is 9.69 Å². The topological polar surface area (TPSA) is 85.9 Å². The van der Waals surface area contributed by atoms with E-state index in [9.17, 15) is 13.2 Å². The Bertz CT molecular complexity index is 1020. The molecule has 0 unspecified atom stereocenters. The average molecular weight is 464 g/mol. The molecule has 2 aromatic rings. The molecule has 1 N–H and O–H groups in total. The Morgan fingerprint density at radius 1 is 1.03 bits per heavy atom. The number of carbonyl (C=O) groups excluding carboxylic acids is 1. The van der Waals surface area contributed by atoms with E-state index in [0.29, 0.717) is 23.8 Å². The van der Waals surface area contributed by atoms with Crippen molar-refractivity contribution in [2.75, 3.05) is 56.0 Å². The third kappa shape index (κ3) is 5.35. The van der Waals surface area contributed by atoms with E-state index < -0.39 is 10.0 Å². The molecule has 2 fully saturated rings. The number of halogens is 1. The van der Waals surface area contributed by atoms with Crippen LogP contribution in [0, 0.1) is 0 Å². The molecule has 0 radical (unpaired) electrons. The minimum atomic E-state index is -3.51. The van der Waals surface area contributed by atoms with Crippen LogP contribution in [0.5, 0.6) is 0 Å². The van der Waals surface area contributed by atoms with E-state index >= 15 is 0 Å². The summed E-state index contributed by atoms with van der Waals surface area (Å²) in [5, 5.41) is 3.44. The molecule has 0 saturated carbocycles. The van der Waals surface area contributed by atoms with E-state index in [1.165, 1.54) is 10.4 Å². The van der Waals surface area contributed by atoms with Crippen LogP contribution in [0.3, 0.4) is 0 Å². The molecule has 1 aromatic carbocycles. The Morgan fingerprint density at radius 2 is 1.77 bits per heavy atom. The van der Waals surface area contributed by atoms with Crippen molar-refractivity contribution in [1.82, 2.24) is 14.2 Å². The molecule has 3 heterocycles. The molecule has 2 aliphatic rings. The van der Waals surface area contributed by atoms with Crippen LogP contribution in [0.25, 0.3) is 0 Å². The molecular formula is C21H26ClN5O3S. The van der Waals surface area contributed by atoms with Crippen molar-refractivity contribution in [2.24, 2.45) is 0 Å². The van der Waals surface area contributed by atoms with Gasteiger partial charge in [0.15, 0.2) is 0 Å². The van der Waals surface area contributed by atoms with Crippen LogP contribution >= 0.6 is 11.6 Å². The maximum absolute atomic E-state index is 12.7. The Labute approximate surface area is 187 Å². The van der Waals surface area contributed by atoms with Crippen LogP contribution in [0.2, 0.25) is 5.02 Å². The zero-order valence-corrected chi connectivity index (χ0v) is 18.8. The Hall–Kier alpha value is -2.20. The molecule has 1 aromatic heterocycles. The lowest BCUT2D eigenvalue weighted by Crippen LogP contribution is -2.48. The second kappa shape index (κ2) is 9.52. The van der Waals surface area contributed by atoms with Gasteiger partial charge in [0.1, 0.15) is 5.82 Å². The van der Waals surface area contributed by atoms with Crippen LogP contribution < -0.4 is 10.2 Å². The van der Waals surface area contributed by atoms with Gasteiger partial charge in [0.25, 0.3) is 0 Å². The van der Waals surface area contributed by atoms with Crippen molar-refractivity contribution in [3.63, 3.8) is 0 Å². The zero-order valence-electron chi connectivity index (χ0n) is 17.2. The van der Waals surface area contributed by atoms with Gasteiger partial charge in [-0.25, -0.2) is 13.4 Å². The number of nitrogens with zero attached hydrogens (tertiary/aromatic N) is 4. The largest absolute Gasteiger partial charge is 0.354 e. The summed E-state index contributed by atoms with van der Waals surface area (Å²) in [6.45, 7) is 4.37. The Kier molecular flexibility index (Phi) is 6.76.